The third-order valence-corrected chi connectivity index (χ3v) is 4.99. The molecular weight excluding hydrogens is 342 g/mol. The van der Waals surface area contributed by atoms with Gasteiger partial charge in [-0.05, 0) is 49.6 Å². The van der Waals surface area contributed by atoms with Gasteiger partial charge < -0.3 is 14.8 Å². The minimum absolute atomic E-state index is 0.0337. The van der Waals surface area contributed by atoms with E-state index < -0.39 is 11.4 Å². The summed E-state index contributed by atoms with van der Waals surface area (Å²) >= 11 is 0. The second-order valence-electron chi connectivity index (χ2n) is 6.73. The van der Waals surface area contributed by atoms with Crippen LogP contribution in [0.15, 0.2) is 54.6 Å². The summed E-state index contributed by atoms with van der Waals surface area (Å²) in [5.74, 6) is 0.187. The van der Waals surface area contributed by atoms with Gasteiger partial charge in [0.15, 0.2) is 6.61 Å². The fourth-order valence-corrected chi connectivity index (χ4v) is 3.61. The lowest BCUT2D eigenvalue weighted by atomic mass is 9.78. The van der Waals surface area contributed by atoms with E-state index in [1.165, 1.54) is 0 Å². The second-order valence-corrected chi connectivity index (χ2v) is 6.73. The van der Waals surface area contributed by atoms with E-state index in [-0.39, 0.29) is 12.5 Å². The standard InChI is InChI=1S/C22H25NO4/c1-2-26-20(24)16-27-19-12-10-18(11-13-19)23-21(25)22(14-6-7-15-22)17-8-4-3-5-9-17/h3-5,8-13H,2,6-7,14-16H2,1H3,(H,23,25). The molecule has 0 heterocycles. The van der Waals surface area contributed by atoms with Gasteiger partial charge in [0.1, 0.15) is 5.75 Å². The van der Waals surface area contributed by atoms with Crippen molar-refractivity contribution in [3.63, 3.8) is 0 Å². The average Bonchev–Trinajstić information content (AvgIpc) is 3.20. The number of carbonyl (C=O) groups excluding carboxylic acids is 2. The number of esters is 1. The van der Waals surface area contributed by atoms with Crippen molar-refractivity contribution in [3.8, 4) is 5.75 Å². The van der Waals surface area contributed by atoms with Crippen molar-refractivity contribution < 1.29 is 19.1 Å². The van der Waals surface area contributed by atoms with Crippen LogP contribution in [0.5, 0.6) is 5.75 Å². The number of hydrogen-bond donors (Lipinski definition) is 1. The first kappa shape index (κ1) is 19.0. The molecule has 0 spiro atoms. The molecule has 0 atom stereocenters. The van der Waals surface area contributed by atoms with E-state index >= 15 is 0 Å². The summed E-state index contributed by atoms with van der Waals surface area (Å²) in [6.07, 6.45) is 3.85. The molecule has 3 rings (SSSR count). The molecule has 1 fully saturated rings. The van der Waals surface area contributed by atoms with E-state index in [0.717, 1.165) is 31.2 Å². The lowest BCUT2D eigenvalue weighted by molar-refractivity contribution is -0.145. The molecule has 1 aliphatic carbocycles. The van der Waals surface area contributed by atoms with Crippen molar-refractivity contribution in [3.05, 3.63) is 60.2 Å². The molecule has 1 aliphatic rings. The molecule has 2 aromatic rings. The van der Waals surface area contributed by atoms with Crippen LogP contribution in [-0.4, -0.2) is 25.1 Å². The molecule has 0 aliphatic heterocycles. The minimum atomic E-state index is -0.458. The molecule has 142 valence electrons. The number of anilines is 1. The number of rotatable bonds is 7. The Balaban J connectivity index is 1.65. The van der Waals surface area contributed by atoms with E-state index in [2.05, 4.69) is 5.32 Å². The quantitative estimate of drug-likeness (QED) is 0.749. The average molecular weight is 367 g/mol. The van der Waals surface area contributed by atoms with Gasteiger partial charge in [0.05, 0.1) is 12.0 Å². The molecule has 5 nitrogen and oxygen atoms in total. The maximum absolute atomic E-state index is 13.1. The SMILES string of the molecule is CCOC(=O)COc1ccc(NC(=O)C2(c3ccccc3)CCCC2)cc1. The number of amides is 1. The van der Waals surface area contributed by atoms with Crippen LogP contribution < -0.4 is 10.1 Å². The van der Waals surface area contributed by atoms with Crippen molar-refractivity contribution in [2.24, 2.45) is 0 Å². The molecular formula is C22H25NO4. The molecule has 0 saturated heterocycles. The van der Waals surface area contributed by atoms with Crippen LogP contribution in [0.4, 0.5) is 5.69 Å². The minimum Gasteiger partial charge on any atom is -0.482 e. The summed E-state index contributed by atoms with van der Waals surface area (Å²) in [6, 6.07) is 17.1. The number of nitrogens with one attached hydrogen (secondary N) is 1. The molecule has 0 unspecified atom stereocenters. The smallest absolute Gasteiger partial charge is 0.344 e. The highest BCUT2D eigenvalue weighted by Gasteiger charge is 2.42. The van der Waals surface area contributed by atoms with Crippen LogP contribution in [0.2, 0.25) is 0 Å². The van der Waals surface area contributed by atoms with Crippen LogP contribution in [0, 0.1) is 0 Å². The molecule has 0 bridgehead atoms. The van der Waals surface area contributed by atoms with Gasteiger partial charge in [-0.1, -0.05) is 43.2 Å². The first-order valence-electron chi connectivity index (χ1n) is 9.39. The van der Waals surface area contributed by atoms with Crippen LogP contribution in [0.25, 0.3) is 0 Å². The van der Waals surface area contributed by atoms with Crippen LogP contribution >= 0.6 is 0 Å². The number of ether oxygens (including phenoxy) is 2. The molecule has 5 heteroatoms. The Morgan fingerprint density at radius 1 is 1.00 bits per heavy atom. The monoisotopic (exact) mass is 367 g/mol. The Labute approximate surface area is 159 Å². The third-order valence-electron chi connectivity index (χ3n) is 4.99. The first-order valence-corrected chi connectivity index (χ1v) is 9.39. The zero-order chi connectivity index (χ0) is 19.1. The highest BCUT2D eigenvalue weighted by molar-refractivity contribution is 5.99. The van der Waals surface area contributed by atoms with E-state index in [0.29, 0.717) is 18.0 Å². The number of carbonyl (C=O) groups is 2. The lowest BCUT2D eigenvalue weighted by Crippen LogP contribution is -2.37. The summed E-state index contributed by atoms with van der Waals surface area (Å²) < 4.78 is 10.2. The zero-order valence-electron chi connectivity index (χ0n) is 15.6. The fraction of sp³-hybridized carbons (Fsp3) is 0.364. The van der Waals surface area contributed by atoms with Gasteiger partial charge in [0, 0.05) is 5.69 Å². The normalized spacial score (nSPS) is 15.1. The summed E-state index contributed by atoms with van der Waals surface area (Å²) in [7, 11) is 0. The van der Waals surface area contributed by atoms with Gasteiger partial charge in [-0.2, -0.15) is 0 Å². The van der Waals surface area contributed by atoms with E-state index in [9.17, 15) is 9.59 Å². The molecule has 1 N–H and O–H groups in total. The second kappa shape index (κ2) is 8.71. The molecule has 0 radical (unpaired) electrons. The van der Waals surface area contributed by atoms with Crippen LogP contribution in [-0.2, 0) is 19.7 Å². The number of benzene rings is 2. The first-order chi connectivity index (χ1) is 13.1. The Kier molecular flexibility index (Phi) is 6.12. The lowest BCUT2D eigenvalue weighted by Gasteiger charge is -2.28. The van der Waals surface area contributed by atoms with Gasteiger partial charge >= 0.3 is 5.97 Å². The predicted octanol–water partition coefficient (Wildman–Crippen LogP) is 4.08. The van der Waals surface area contributed by atoms with Gasteiger partial charge in [0.25, 0.3) is 0 Å². The molecule has 27 heavy (non-hydrogen) atoms. The third kappa shape index (κ3) is 4.48. The molecule has 1 amide bonds. The zero-order valence-corrected chi connectivity index (χ0v) is 15.6. The van der Waals surface area contributed by atoms with Gasteiger partial charge in [-0.3, -0.25) is 4.79 Å². The van der Waals surface area contributed by atoms with Gasteiger partial charge in [0.2, 0.25) is 5.91 Å². The Morgan fingerprint density at radius 2 is 1.67 bits per heavy atom. The van der Waals surface area contributed by atoms with Crippen LogP contribution in [0.3, 0.4) is 0 Å². The Hall–Kier alpha value is -2.82. The van der Waals surface area contributed by atoms with Crippen molar-refractivity contribution >= 4 is 17.6 Å². The van der Waals surface area contributed by atoms with Crippen molar-refractivity contribution in [1.82, 2.24) is 0 Å². The highest BCUT2D eigenvalue weighted by Crippen LogP contribution is 2.42. The van der Waals surface area contributed by atoms with Crippen molar-refractivity contribution in [2.45, 2.75) is 38.0 Å². The number of hydrogen-bond acceptors (Lipinski definition) is 4. The van der Waals surface area contributed by atoms with E-state index in [4.69, 9.17) is 9.47 Å². The van der Waals surface area contributed by atoms with E-state index in [1.807, 2.05) is 30.3 Å². The molecule has 2 aromatic carbocycles. The van der Waals surface area contributed by atoms with E-state index in [1.54, 1.807) is 31.2 Å². The predicted molar refractivity (Wildman–Crippen MR) is 104 cm³/mol. The van der Waals surface area contributed by atoms with Crippen molar-refractivity contribution in [2.75, 3.05) is 18.5 Å². The highest BCUT2D eigenvalue weighted by atomic mass is 16.6. The largest absolute Gasteiger partial charge is 0.482 e. The maximum atomic E-state index is 13.1. The summed E-state index contributed by atoms with van der Waals surface area (Å²) in [5.41, 5.74) is 1.33. The molecule has 0 aromatic heterocycles. The maximum Gasteiger partial charge on any atom is 0.344 e. The van der Waals surface area contributed by atoms with Gasteiger partial charge in [-0.25, -0.2) is 4.79 Å². The van der Waals surface area contributed by atoms with Crippen molar-refractivity contribution in [1.29, 1.82) is 0 Å². The fourth-order valence-electron chi connectivity index (χ4n) is 3.61. The summed E-state index contributed by atoms with van der Waals surface area (Å²) in [4.78, 5) is 24.4. The Morgan fingerprint density at radius 3 is 2.30 bits per heavy atom. The van der Waals surface area contributed by atoms with Gasteiger partial charge in [-0.15, -0.1) is 0 Å². The summed E-state index contributed by atoms with van der Waals surface area (Å²) in [5, 5.41) is 3.05. The topological polar surface area (TPSA) is 64.6 Å². The Bertz CT molecular complexity index is 765. The summed E-state index contributed by atoms with van der Waals surface area (Å²) in [6.45, 7) is 1.95. The molecule has 1 saturated carbocycles. The van der Waals surface area contributed by atoms with Crippen LogP contribution in [0.1, 0.15) is 38.2 Å².